The highest BCUT2D eigenvalue weighted by atomic mass is 16.5. The van der Waals surface area contributed by atoms with Crippen LogP contribution < -0.4 is 15.8 Å². The van der Waals surface area contributed by atoms with Gasteiger partial charge in [-0.2, -0.15) is 0 Å². The highest BCUT2D eigenvalue weighted by Gasteiger charge is 2.15. The average molecular weight is 265 g/mol. The molecule has 0 aliphatic heterocycles. The summed E-state index contributed by atoms with van der Waals surface area (Å²) in [6.45, 7) is 6.61. The smallest absolute Gasteiger partial charge is 0.224 e. The maximum atomic E-state index is 11.9. The molecule has 0 aromatic carbocycles. The van der Waals surface area contributed by atoms with E-state index in [1.54, 1.807) is 6.20 Å². The number of hydrogen-bond donors (Lipinski definition) is 2. The van der Waals surface area contributed by atoms with Crippen LogP contribution in [0.1, 0.15) is 32.8 Å². The van der Waals surface area contributed by atoms with Gasteiger partial charge >= 0.3 is 0 Å². The predicted molar refractivity (Wildman–Crippen MR) is 74.7 cm³/mol. The molecule has 1 unspecified atom stereocenters. The zero-order valence-electron chi connectivity index (χ0n) is 11.8. The molecule has 1 heterocycles. The lowest BCUT2D eigenvalue weighted by Gasteiger charge is -2.15. The van der Waals surface area contributed by atoms with Crippen molar-refractivity contribution in [2.45, 2.75) is 39.8 Å². The molecule has 0 spiro atoms. The van der Waals surface area contributed by atoms with Gasteiger partial charge in [0.05, 0.1) is 6.10 Å². The Kier molecular flexibility index (Phi) is 6.29. The molecule has 1 rings (SSSR count). The Morgan fingerprint density at radius 2 is 2.26 bits per heavy atom. The van der Waals surface area contributed by atoms with Crippen molar-refractivity contribution in [1.29, 1.82) is 0 Å². The van der Waals surface area contributed by atoms with Crippen molar-refractivity contribution < 1.29 is 9.53 Å². The second kappa shape index (κ2) is 7.74. The van der Waals surface area contributed by atoms with Crippen LogP contribution in [0.2, 0.25) is 0 Å². The third kappa shape index (κ3) is 4.87. The highest BCUT2D eigenvalue weighted by Crippen LogP contribution is 2.15. The monoisotopic (exact) mass is 265 g/mol. The maximum absolute atomic E-state index is 11.9. The molecule has 19 heavy (non-hydrogen) atoms. The van der Waals surface area contributed by atoms with Gasteiger partial charge in [0, 0.05) is 30.8 Å². The van der Waals surface area contributed by atoms with Crippen LogP contribution in [0.4, 0.5) is 0 Å². The minimum atomic E-state index is -0.133. The Bertz CT molecular complexity index is 403. The van der Waals surface area contributed by atoms with E-state index in [0.717, 1.165) is 12.0 Å². The van der Waals surface area contributed by atoms with Gasteiger partial charge in [0.15, 0.2) is 0 Å². The zero-order chi connectivity index (χ0) is 14.3. The topological polar surface area (TPSA) is 77.2 Å². The number of nitrogens with two attached hydrogens (primary N) is 1. The van der Waals surface area contributed by atoms with Gasteiger partial charge in [-0.25, -0.2) is 4.98 Å². The molecule has 1 amide bonds. The fraction of sp³-hybridized carbons (Fsp3) is 0.571. The Hall–Kier alpha value is -1.62. The third-order valence-corrected chi connectivity index (χ3v) is 2.80. The van der Waals surface area contributed by atoms with Crippen LogP contribution in [-0.2, 0) is 11.3 Å². The molecule has 3 N–H and O–H groups in total. The molecule has 106 valence electrons. The summed E-state index contributed by atoms with van der Waals surface area (Å²) >= 11 is 0. The first-order valence-corrected chi connectivity index (χ1v) is 6.66. The predicted octanol–water partition coefficient (Wildman–Crippen LogP) is 1.47. The van der Waals surface area contributed by atoms with Crippen molar-refractivity contribution >= 4 is 5.91 Å². The standard InChI is InChI=1S/C14H23N3O2/c1-4-11(8-15)13(18)17-9-12-6-5-7-16-14(12)19-10(2)3/h5-7,10-11H,4,8-9,15H2,1-3H3,(H,17,18). The summed E-state index contributed by atoms with van der Waals surface area (Å²) < 4.78 is 5.60. The Labute approximate surface area is 114 Å². The molecule has 1 aromatic rings. The first-order valence-electron chi connectivity index (χ1n) is 6.66. The number of amides is 1. The Morgan fingerprint density at radius 1 is 1.53 bits per heavy atom. The van der Waals surface area contributed by atoms with Crippen LogP contribution in [0, 0.1) is 5.92 Å². The number of carbonyl (C=O) groups is 1. The van der Waals surface area contributed by atoms with Crippen LogP contribution >= 0.6 is 0 Å². The number of carbonyl (C=O) groups excluding carboxylic acids is 1. The summed E-state index contributed by atoms with van der Waals surface area (Å²) in [6.07, 6.45) is 2.47. The van der Waals surface area contributed by atoms with Gasteiger partial charge in [0.2, 0.25) is 11.8 Å². The summed E-state index contributed by atoms with van der Waals surface area (Å²) in [5.41, 5.74) is 6.42. The van der Waals surface area contributed by atoms with Crippen molar-refractivity contribution in [2.24, 2.45) is 11.7 Å². The first kappa shape index (κ1) is 15.4. The summed E-state index contributed by atoms with van der Waals surface area (Å²) in [5.74, 6) is 0.411. The molecule has 5 nitrogen and oxygen atoms in total. The van der Waals surface area contributed by atoms with E-state index < -0.39 is 0 Å². The van der Waals surface area contributed by atoms with E-state index in [9.17, 15) is 4.79 Å². The quantitative estimate of drug-likeness (QED) is 0.782. The first-order chi connectivity index (χ1) is 9.08. The van der Waals surface area contributed by atoms with E-state index in [0.29, 0.717) is 19.0 Å². The second-order valence-corrected chi connectivity index (χ2v) is 4.69. The normalized spacial score (nSPS) is 12.3. The second-order valence-electron chi connectivity index (χ2n) is 4.69. The summed E-state index contributed by atoms with van der Waals surface area (Å²) in [7, 11) is 0. The van der Waals surface area contributed by atoms with Crippen LogP contribution in [-0.4, -0.2) is 23.5 Å². The Balaban J connectivity index is 2.64. The minimum absolute atomic E-state index is 0.0237. The number of hydrogen-bond acceptors (Lipinski definition) is 4. The lowest BCUT2D eigenvalue weighted by molar-refractivity contribution is -0.124. The van der Waals surface area contributed by atoms with Gasteiger partial charge in [-0.05, 0) is 26.3 Å². The van der Waals surface area contributed by atoms with Gasteiger partial charge in [-0.15, -0.1) is 0 Å². The van der Waals surface area contributed by atoms with Crippen LogP contribution in [0.25, 0.3) is 0 Å². The maximum Gasteiger partial charge on any atom is 0.224 e. The molecule has 1 atom stereocenters. The lowest BCUT2D eigenvalue weighted by Crippen LogP contribution is -2.34. The van der Waals surface area contributed by atoms with Crippen molar-refractivity contribution in [3.05, 3.63) is 23.9 Å². The molecule has 5 heteroatoms. The van der Waals surface area contributed by atoms with Gasteiger partial charge in [-0.1, -0.05) is 13.0 Å². The molecule has 0 saturated carbocycles. The van der Waals surface area contributed by atoms with E-state index in [-0.39, 0.29) is 17.9 Å². The average Bonchev–Trinajstić information content (AvgIpc) is 2.38. The molecular formula is C14H23N3O2. The van der Waals surface area contributed by atoms with Gasteiger partial charge in [0.25, 0.3) is 0 Å². The fourth-order valence-electron chi connectivity index (χ4n) is 1.67. The van der Waals surface area contributed by atoms with E-state index >= 15 is 0 Å². The number of nitrogens with one attached hydrogen (secondary N) is 1. The molecule has 1 aromatic heterocycles. The number of ether oxygens (including phenoxy) is 1. The van der Waals surface area contributed by atoms with E-state index in [1.165, 1.54) is 0 Å². The Morgan fingerprint density at radius 3 is 2.84 bits per heavy atom. The summed E-state index contributed by atoms with van der Waals surface area (Å²) in [4.78, 5) is 16.0. The molecule has 0 bridgehead atoms. The van der Waals surface area contributed by atoms with E-state index in [4.69, 9.17) is 10.5 Å². The van der Waals surface area contributed by atoms with E-state index in [1.807, 2.05) is 32.9 Å². The molecule has 0 radical (unpaired) electrons. The molecule has 0 aliphatic rings. The highest BCUT2D eigenvalue weighted by molar-refractivity contribution is 5.78. The largest absolute Gasteiger partial charge is 0.475 e. The molecule has 0 fully saturated rings. The SMILES string of the molecule is CCC(CN)C(=O)NCc1cccnc1OC(C)C. The fourth-order valence-corrected chi connectivity index (χ4v) is 1.67. The van der Waals surface area contributed by atoms with Crippen LogP contribution in [0.15, 0.2) is 18.3 Å². The van der Waals surface area contributed by atoms with Gasteiger partial charge < -0.3 is 15.8 Å². The van der Waals surface area contributed by atoms with Crippen molar-refractivity contribution in [1.82, 2.24) is 10.3 Å². The van der Waals surface area contributed by atoms with Gasteiger partial charge in [0.1, 0.15) is 0 Å². The van der Waals surface area contributed by atoms with Crippen molar-refractivity contribution in [3.63, 3.8) is 0 Å². The molecule has 0 saturated heterocycles. The number of nitrogens with zero attached hydrogens (tertiary/aromatic N) is 1. The number of aromatic nitrogens is 1. The number of pyridine rings is 1. The van der Waals surface area contributed by atoms with Crippen molar-refractivity contribution in [2.75, 3.05) is 6.54 Å². The van der Waals surface area contributed by atoms with Gasteiger partial charge in [-0.3, -0.25) is 4.79 Å². The molecular weight excluding hydrogens is 242 g/mol. The third-order valence-electron chi connectivity index (χ3n) is 2.80. The minimum Gasteiger partial charge on any atom is -0.475 e. The molecule has 0 aliphatic carbocycles. The van der Waals surface area contributed by atoms with Crippen molar-refractivity contribution in [3.8, 4) is 5.88 Å². The summed E-state index contributed by atoms with van der Waals surface area (Å²) in [5, 5.41) is 2.88. The van der Waals surface area contributed by atoms with Crippen LogP contribution in [0.3, 0.4) is 0 Å². The van der Waals surface area contributed by atoms with E-state index in [2.05, 4.69) is 10.3 Å². The number of rotatable bonds is 7. The van der Waals surface area contributed by atoms with Crippen LogP contribution in [0.5, 0.6) is 5.88 Å². The zero-order valence-corrected chi connectivity index (χ0v) is 11.8. The lowest BCUT2D eigenvalue weighted by atomic mass is 10.1. The summed E-state index contributed by atoms with van der Waals surface area (Å²) in [6, 6.07) is 3.73.